The van der Waals surface area contributed by atoms with Crippen LogP contribution in [0.3, 0.4) is 0 Å². The van der Waals surface area contributed by atoms with Gasteiger partial charge in [-0.05, 0) is 18.6 Å². The van der Waals surface area contributed by atoms with Crippen molar-refractivity contribution in [2.24, 2.45) is 14.6 Å². The molecular weight excluding hydrogens is 310 g/mol. The summed E-state index contributed by atoms with van der Waals surface area (Å²) in [6, 6.07) is 4.96. The van der Waals surface area contributed by atoms with Gasteiger partial charge in [-0.2, -0.15) is 13.0 Å². The van der Waals surface area contributed by atoms with E-state index < -0.39 is 10.0 Å². The van der Waals surface area contributed by atoms with Crippen LogP contribution in [0.25, 0.3) is 0 Å². The van der Waals surface area contributed by atoms with E-state index in [1.807, 2.05) is 6.92 Å². The quantitative estimate of drug-likeness (QED) is 0.869. The molecular formula is C13H15N3O3S2. The van der Waals surface area contributed by atoms with Gasteiger partial charge >= 0.3 is 0 Å². The normalized spacial score (nSPS) is 22.1. The SMILES string of the molecule is CCC1CN(S(=O)(=O)c2cccc3c2N=S=N3)CCC1=O. The Labute approximate surface area is 127 Å². The smallest absolute Gasteiger partial charge is 0.245 e. The molecule has 0 aromatic heterocycles. The minimum absolute atomic E-state index is 0.150. The van der Waals surface area contributed by atoms with Crippen LogP contribution in [0.2, 0.25) is 0 Å². The summed E-state index contributed by atoms with van der Waals surface area (Å²) in [5, 5.41) is 0. The van der Waals surface area contributed by atoms with Crippen LogP contribution in [-0.4, -0.2) is 31.6 Å². The molecule has 2 aliphatic rings. The third-order valence-electron chi connectivity index (χ3n) is 3.85. The summed E-state index contributed by atoms with van der Waals surface area (Å²) in [5.41, 5.74) is 0.994. The maximum Gasteiger partial charge on any atom is 0.245 e. The summed E-state index contributed by atoms with van der Waals surface area (Å²) < 4.78 is 35.2. The molecule has 0 N–H and O–H groups in total. The molecule has 6 nitrogen and oxygen atoms in total. The molecule has 21 heavy (non-hydrogen) atoms. The number of sulfonamides is 1. The number of benzene rings is 1. The number of nitrogens with zero attached hydrogens (tertiary/aromatic N) is 3. The Morgan fingerprint density at radius 3 is 2.95 bits per heavy atom. The minimum Gasteiger partial charge on any atom is -0.299 e. The van der Waals surface area contributed by atoms with Crippen LogP contribution in [0.5, 0.6) is 0 Å². The molecule has 8 heteroatoms. The maximum absolute atomic E-state index is 12.8. The second kappa shape index (κ2) is 5.43. The number of fused-ring (bicyclic) bond motifs is 1. The number of hydrogen-bond donors (Lipinski definition) is 0. The molecule has 0 amide bonds. The second-order valence-corrected chi connectivity index (χ2v) is 7.51. The number of hydrogen-bond acceptors (Lipinski definition) is 5. The molecule has 1 unspecified atom stereocenters. The molecule has 112 valence electrons. The Hall–Kier alpha value is -1.38. The lowest BCUT2D eigenvalue weighted by Crippen LogP contribution is -2.43. The Morgan fingerprint density at radius 1 is 1.38 bits per heavy atom. The van der Waals surface area contributed by atoms with Gasteiger partial charge in [-0.15, -0.1) is 0 Å². The lowest BCUT2D eigenvalue weighted by Gasteiger charge is -2.30. The molecule has 1 atom stereocenters. The topological polar surface area (TPSA) is 79.2 Å². The maximum atomic E-state index is 12.8. The molecule has 1 saturated heterocycles. The molecule has 0 bridgehead atoms. The van der Waals surface area contributed by atoms with Gasteiger partial charge in [0.2, 0.25) is 10.0 Å². The van der Waals surface area contributed by atoms with E-state index in [1.54, 1.807) is 18.2 Å². The van der Waals surface area contributed by atoms with Crippen LogP contribution in [0.15, 0.2) is 31.8 Å². The van der Waals surface area contributed by atoms with E-state index in [0.717, 1.165) is 11.4 Å². The lowest BCUT2D eigenvalue weighted by molar-refractivity contribution is -0.125. The van der Waals surface area contributed by atoms with Crippen LogP contribution in [-0.2, 0) is 26.2 Å². The molecule has 0 radical (unpaired) electrons. The molecule has 1 aromatic carbocycles. The molecule has 1 fully saturated rings. The predicted molar refractivity (Wildman–Crippen MR) is 80.1 cm³/mol. The fourth-order valence-electron chi connectivity index (χ4n) is 2.58. The third kappa shape index (κ3) is 2.47. The van der Waals surface area contributed by atoms with Gasteiger partial charge in [0.1, 0.15) is 22.1 Å². The highest BCUT2D eigenvalue weighted by Crippen LogP contribution is 2.39. The molecule has 0 saturated carbocycles. The zero-order chi connectivity index (χ0) is 15.0. The molecule has 3 rings (SSSR count). The summed E-state index contributed by atoms with van der Waals surface area (Å²) in [4.78, 5) is 11.9. The van der Waals surface area contributed by atoms with Crippen molar-refractivity contribution in [3.05, 3.63) is 18.2 Å². The Bertz CT molecular complexity index is 767. The third-order valence-corrected chi connectivity index (χ3v) is 6.29. The van der Waals surface area contributed by atoms with Crippen molar-refractivity contribution in [2.75, 3.05) is 13.1 Å². The zero-order valence-electron chi connectivity index (χ0n) is 11.5. The highest BCUT2D eigenvalue weighted by atomic mass is 32.2. The standard InChI is InChI=1S/C13H15N3O3S2/c1-2-9-8-16(7-6-11(9)17)21(18,19)12-5-3-4-10-13(12)15-20-14-10/h3-5,9H,2,6-8H2,1H3. The molecule has 1 aromatic rings. The Kier molecular flexibility index (Phi) is 3.76. The first-order chi connectivity index (χ1) is 10.0. The van der Waals surface area contributed by atoms with Crippen LogP contribution < -0.4 is 0 Å². The van der Waals surface area contributed by atoms with E-state index in [1.165, 1.54) is 4.31 Å². The van der Waals surface area contributed by atoms with Gasteiger partial charge in [-0.25, -0.2) is 8.42 Å². The summed E-state index contributed by atoms with van der Waals surface area (Å²) in [5.74, 6) is -0.0567. The van der Waals surface area contributed by atoms with Gasteiger partial charge in [-0.1, -0.05) is 13.0 Å². The molecule has 0 aliphatic carbocycles. The van der Waals surface area contributed by atoms with Crippen LogP contribution in [0.1, 0.15) is 19.8 Å². The highest BCUT2D eigenvalue weighted by Gasteiger charge is 2.35. The van der Waals surface area contributed by atoms with Crippen LogP contribution in [0, 0.1) is 5.92 Å². The summed E-state index contributed by atoms with van der Waals surface area (Å²) in [6.45, 7) is 2.40. The first kappa shape index (κ1) is 14.6. The average Bonchev–Trinajstić information content (AvgIpc) is 2.95. The van der Waals surface area contributed by atoms with Crippen molar-refractivity contribution >= 4 is 38.5 Å². The number of ketones is 1. The highest BCUT2D eigenvalue weighted by molar-refractivity contribution is 7.89. The van der Waals surface area contributed by atoms with Crippen molar-refractivity contribution in [3.63, 3.8) is 0 Å². The molecule has 2 aliphatic heterocycles. The number of Topliss-reactive ketones (excluding diaryl/α,β-unsaturated/α-hetero) is 1. The van der Waals surface area contributed by atoms with Gasteiger partial charge in [0, 0.05) is 25.4 Å². The monoisotopic (exact) mass is 325 g/mol. The average molecular weight is 325 g/mol. The van der Waals surface area contributed by atoms with E-state index in [0.29, 0.717) is 17.8 Å². The van der Waals surface area contributed by atoms with Gasteiger partial charge < -0.3 is 0 Å². The fourth-order valence-corrected chi connectivity index (χ4v) is 4.82. The summed E-state index contributed by atoms with van der Waals surface area (Å²) >= 11 is 0.998. The Morgan fingerprint density at radius 2 is 2.19 bits per heavy atom. The van der Waals surface area contributed by atoms with Crippen LogP contribution >= 0.6 is 0 Å². The van der Waals surface area contributed by atoms with Gasteiger partial charge in [0.15, 0.2) is 0 Å². The summed E-state index contributed by atoms with van der Waals surface area (Å²) in [7, 11) is -3.64. The fraction of sp³-hybridized carbons (Fsp3) is 0.462. The number of carbonyl (C=O) groups is 1. The van der Waals surface area contributed by atoms with E-state index in [-0.39, 0.29) is 36.1 Å². The van der Waals surface area contributed by atoms with Crippen molar-refractivity contribution < 1.29 is 13.2 Å². The lowest BCUT2D eigenvalue weighted by atomic mass is 9.96. The van der Waals surface area contributed by atoms with Crippen molar-refractivity contribution in [1.82, 2.24) is 4.31 Å². The summed E-state index contributed by atoms with van der Waals surface area (Å²) in [6.07, 6.45) is 0.941. The minimum atomic E-state index is -3.64. The first-order valence-corrected chi connectivity index (χ1v) is 8.95. The first-order valence-electron chi connectivity index (χ1n) is 6.78. The van der Waals surface area contributed by atoms with Gasteiger partial charge in [0.25, 0.3) is 0 Å². The number of carbonyl (C=O) groups excluding carboxylic acids is 1. The van der Waals surface area contributed by atoms with Gasteiger partial charge in [-0.3, -0.25) is 4.79 Å². The zero-order valence-corrected chi connectivity index (χ0v) is 13.2. The predicted octanol–water partition coefficient (Wildman–Crippen LogP) is 2.40. The van der Waals surface area contributed by atoms with Crippen molar-refractivity contribution in [1.29, 1.82) is 0 Å². The van der Waals surface area contributed by atoms with Gasteiger partial charge in [0.05, 0.1) is 11.4 Å². The van der Waals surface area contributed by atoms with Crippen molar-refractivity contribution in [3.8, 4) is 0 Å². The van der Waals surface area contributed by atoms with E-state index in [2.05, 4.69) is 8.73 Å². The Balaban J connectivity index is 1.97. The van der Waals surface area contributed by atoms with E-state index >= 15 is 0 Å². The van der Waals surface area contributed by atoms with E-state index in [4.69, 9.17) is 0 Å². The second-order valence-electron chi connectivity index (χ2n) is 5.07. The van der Waals surface area contributed by atoms with Crippen molar-refractivity contribution in [2.45, 2.75) is 24.7 Å². The molecule has 0 spiro atoms. The molecule has 2 heterocycles. The number of piperidine rings is 1. The van der Waals surface area contributed by atoms with Crippen LogP contribution in [0.4, 0.5) is 11.4 Å². The van der Waals surface area contributed by atoms with E-state index in [9.17, 15) is 13.2 Å². The number of rotatable bonds is 3. The largest absolute Gasteiger partial charge is 0.299 e.